The van der Waals surface area contributed by atoms with Crippen LogP contribution in [0.1, 0.15) is 61.6 Å². The molecule has 0 aromatic heterocycles. The second-order valence-corrected chi connectivity index (χ2v) is 8.05. The third kappa shape index (κ3) is 6.85. The van der Waals surface area contributed by atoms with Crippen molar-refractivity contribution >= 4 is 0 Å². The molecule has 1 aliphatic carbocycles. The van der Waals surface area contributed by atoms with Crippen molar-refractivity contribution in [3.63, 3.8) is 0 Å². The van der Waals surface area contributed by atoms with Crippen molar-refractivity contribution in [2.24, 2.45) is 5.92 Å². The number of ether oxygens (including phenoxy) is 1. The minimum atomic E-state index is -5.17. The summed E-state index contributed by atoms with van der Waals surface area (Å²) in [6.45, 7) is 2.17. The van der Waals surface area contributed by atoms with Crippen LogP contribution >= 0.6 is 0 Å². The predicted octanol–water partition coefficient (Wildman–Crippen LogP) is 7.70. The summed E-state index contributed by atoms with van der Waals surface area (Å²) in [5, 5.41) is 0. The van der Waals surface area contributed by atoms with Crippen molar-refractivity contribution in [3.8, 4) is 17.6 Å². The van der Waals surface area contributed by atoms with Crippen LogP contribution in [0.15, 0.2) is 48.6 Å². The van der Waals surface area contributed by atoms with E-state index >= 15 is 0 Å². The molecule has 170 valence electrons. The van der Waals surface area contributed by atoms with Crippen LogP contribution in [0, 0.1) is 29.4 Å². The minimum absolute atomic E-state index is 0.0607. The quantitative estimate of drug-likeness (QED) is 0.336. The van der Waals surface area contributed by atoms with Gasteiger partial charge < -0.3 is 4.74 Å². The van der Waals surface area contributed by atoms with E-state index in [2.05, 4.69) is 47.8 Å². The Balaban J connectivity index is 1.53. The van der Waals surface area contributed by atoms with Crippen molar-refractivity contribution in [2.75, 3.05) is 0 Å². The molecule has 2 aromatic carbocycles. The highest BCUT2D eigenvalue weighted by Gasteiger charge is 2.34. The highest BCUT2D eigenvalue weighted by Crippen LogP contribution is 2.36. The SMILES string of the molecule is CCCc1ccc(C2CCC(/C=C/C#Cc3cc(F)c(OC(F)(F)F)c(F)c3)CC2)cc1. The van der Waals surface area contributed by atoms with E-state index in [4.69, 9.17) is 0 Å². The van der Waals surface area contributed by atoms with Gasteiger partial charge in [0.15, 0.2) is 11.6 Å². The largest absolute Gasteiger partial charge is 0.573 e. The fourth-order valence-corrected chi connectivity index (χ4v) is 4.04. The molecule has 1 aliphatic rings. The Morgan fingerprint density at radius 3 is 2.19 bits per heavy atom. The van der Waals surface area contributed by atoms with Crippen molar-refractivity contribution in [2.45, 2.75) is 57.7 Å². The summed E-state index contributed by atoms with van der Waals surface area (Å²) < 4.78 is 67.4. The molecule has 0 heterocycles. The van der Waals surface area contributed by atoms with E-state index in [1.807, 2.05) is 6.08 Å². The molecule has 0 unspecified atom stereocenters. The number of halogens is 5. The van der Waals surface area contributed by atoms with E-state index in [1.165, 1.54) is 11.1 Å². The number of hydrogen-bond acceptors (Lipinski definition) is 1. The molecule has 0 N–H and O–H groups in total. The first kappa shape index (κ1) is 23.8. The summed E-state index contributed by atoms with van der Waals surface area (Å²) in [5.74, 6) is 1.83. The van der Waals surface area contributed by atoms with Gasteiger partial charge in [-0.1, -0.05) is 55.5 Å². The molecule has 2 aromatic rings. The van der Waals surface area contributed by atoms with Gasteiger partial charge in [0.05, 0.1) is 0 Å². The second-order valence-electron chi connectivity index (χ2n) is 8.05. The van der Waals surface area contributed by atoms with Gasteiger partial charge in [-0.25, -0.2) is 8.78 Å². The number of benzene rings is 2. The molecule has 1 saturated carbocycles. The minimum Gasteiger partial charge on any atom is -0.399 e. The Labute approximate surface area is 185 Å². The van der Waals surface area contributed by atoms with Crippen LogP contribution in [0.5, 0.6) is 5.75 Å². The summed E-state index contributed by atoms with van der Waals surface area (Å²) >= 11 is 0. The zero-order valence-corrected chi connectivity index (χ0v) is 17.8. The molecule has 0 atom stereocenters. The van der Waals surface area contributed by atoms with Crippen LogP contribution in [-0.2, 0) is 6.42 Å². The van der Waals surface area contributed by atoms with Crippen LogP contribution < -0.4 is 4.74 Å². The van der Waals surface area contributed by atoms with Gasteiger partial charge in [-0.2, -0.15) is 0 Å². The normalized spacial score (nSPS) is 18.9. The van der Waals surface area contributed by atoms with Gasteiger partial charge in [-0.05, 0) is 73.3 Å². The molecule has 6 heteroatoms. The summed E-state index contributed by atoms with van der Waals surface area (Å²) in [6.07, 6.45) is 4.94. The molecular weight excluding hydrogens is 423 g/mol. The molecule has 0 amide bonds. The lowest BCUT2D eigenvalue weighted by molar-refractivity contribution is -0.276. The molecule has 0 saturated heterocycles. The maximum atomic E-state index is 13.7. The summed E-state index contributed by atoms with van der Waals surface area (Å²) in [7, 11) is 0. The number of aryl methyl sites for hydroxylation is 1. The van der Waals surface area contributed by atoms with Crippen LogP contribution in [-0.4, -0.2) is 6.36 Å². The van der Waals surface area contributed by atoms with Crippen molar-refractivity contribution in [1.82, 2.24) is 0 Å². The van der Waals surface area contributed by atoms with Gasteiger partial charge in [0.25, 0.3) is 0 Å². The zero-order chi connectivity index (χ0) is 23.1. The van der Waals surface area contributed by atoms with E-state index in [9.17, 15) is 22.0 Å². The van der Waals surface area contributed by atoms with E-state index in [-0.39, 0.29) is 5.56 Å². The Kier molecular flexibility index (Phi) is 7.95. The summed E-state index contributed by atoms with van der Waals surface area (Å²) in [5.41, 5.74) is 2.69. The maximum Gasteiger partial charge on any atom is 0.573 e. The number of alkyl halides is 3. The smallest absolute Gasteiger partial charge is 0.399 e. The third-order valence-electron chi connectivity index (χ3n) is 5.65. The Morgan fingerprint density at radius 1 is 1.00 bits per heavy atom. The van der Waals surface area contributed by atoms with Crippen LogP contribution in [0.3, 0.4) is 0 Å². The van der Waals surface area contributed by atoms with Gasteiger partial charge in [0, 0.05) is 5.56 Å². The Hall–Kier alpha value is -2.81. The van der Waals surface area contributed by atoms with E-state index in [0.717, 1.165) is 50.7 Å². The van der Waals surface area contributed by atoms with Crippen LogP contribution in [0.2, 0.25) is 0 Å². The third-order valence-corrected chi connectivity index (χ3v) is 5.65. The predicted molar refractivity (Wildman–Crippen MR) is 114 cm³/mol. The van der Waals surface area contributed by atoms with Gasteiger partial charge in [0.2, 0.25) is 5.75 Å². The van der Waals surface area contributed by atoms with E-state index in [0.29, 0.717) is 11.8 Å². The van der Waals surface area contributed by atoms with Gasteiger partial charge in [-0.3, -0.25) is 0 Å². The first-order valence-electron chi connectivity index (χ1n) is 10.8. The molecule has 0 bridgehead atoms. The molecule has 1 fully saturated rings. The van der Waals surface area contributed by atoms with Crippen LogP contribution in [0.4, 0.5) is 22.0 Å². The average Bonchev–Trinajstić information content (AvgIpc) is 2.74. The van der Waals surface area contributed by atoms with Crippen molar-refractivity contribution in [1.29, 1.82) is 0 Å². The maximum absolute atomic E-state index is 13.7. The molecule has 1 nitrogen and oxygen atoms in total. The van der Waals surface area contributed by atoms with Crippen molar-refractivity contribution < 1.29 is 26.7 Å². The average molecular weight is 448 g/mol. The lowest BCUT2D eigenvalue weighted by atomic mass is 9.78. The fourth-order valence-electron chi connectivity index (χ4n) is 4.04. The highest BCUT2D eigenvalue weighted by molar-refractivity contribution is 5.42. The van der Waals surface area contributed by atoms with E-state index < -0.39 is 23.7 Å². The number of allylic oxidation sites excluding steroid dienone is 2. The Bertz CT molecular complexity index is 965. The Morgan fingerprint density at radius 2 is 1.62 bits per heavy atom. The van der Waals surface area contributed by atoms with Gasteiger partial charge in [-0.15, -0.1) is 13.2 Å². The summed E-state index contributed by atoms with van der Waals surface area (Å²) in [6, 6.07) is 10.4. The highest BCUT2D eigenvalue weighted by atomic mass is 19.4. The standard InChI is InChI=1S/C26H25F5O/c1-2-5-18-8-12-21(13-9-18)22-14-10-19(11-15-22)6-3-4-7-20-16-23(27)25(24(28)17-20)32-26(29,30)31/h3,6,8-9,12-13,16-17,19,22H,2,5,10-11,14-15H2,1H3/b6-3+. The fraction of sp³-hybridized carbons (Fsp3) is 0.385. The number of rotatable bonds is 5. The summed E-state index contributed by atoms with van der Waals surface area (Å²) in [4.78, 5) is 0. The molecular formula is C26H25F5O. The van der Waals surface area contributed by atoms with Gasteiger partial charge >= 0.3 is 6.36 Å². The monoisotopic (exact) mass is 448 g/mol. The van der Waals surface area contributed by atoms with Crippen molar-refractivity contribution in [3.05, 3.63) is 76.9 Å². The van der Waals surface area contributed by atoms with Gasteiger partial charge in [0.1, 0.15) is 0 Å². The molecule has 0 spiro atoms. The first-order chi connectivity index (χ1) is 15.2. The second kappa shape index (κ2) is 10.7. The van der Waals surface area contributed by atoms with Crippen LogP contribution in [0.25, 0.3) is 0 Å². The lowest BCUT2D eigenvalue weighted by Gasteiger charge is -2.27. The van der Waals surface area contributed by atoms with E-state index in [1.54, 1.807) is 6.08 Å². The molecule has 3 rings (SSSR count). The molecule has 0 radical (unpaired) electrons. The molecule has 32 heavy (non-hydrogen) atoms. The lowest BCUT2D eigenvalue weighted by Crippen LogP contribution is -2.19. The topological polar surface area (TPSA) is 9.23 Å². The zero-order valence-electron chi connectivity index (χ0n) is 17.8. The number of hydrogen-bond donors (Lipinski definition) is 0. The molecule has 0 aliphatic heterocycles. The first-order valence-corrected chi connectivity index (χ1v) is 10.8.